The van der Waals surface area contributed by atoms with Crippen LogP contribution in [0.25, 0.3) is 0 Å². The van der Waals surface area contributed by atoms with Crippen molar-refractivity contribution in [2.75, 3.05) is 23.0 Å². The molecule has 3 aromatic rings. The number of aryl methyl sites for hydroxylation is 1. The maximum atomic E-state index is 13.7. The summed E-state index contributed by atoms with van der Waals surface area (Å²) in [6, 6.07) is 9.46. The molecule has 0 atom stereocenters. The van der Waals surface area contributed by atoms with Crippen molar-refractivity contribution in [3.05, 3.63) is 71.2 Å². The van der Waals surface area contributed by atoms with Crippen molar-refractivity contribution in [3.63, 3.8) is 0 Å². The molecule has 4 rings (SSSR count). The maximum Gasteiger partial charge on any atom is 0.419 e. The van der Waals surface area contributed by atoms with E-state index in [9.17, 15) is 27.2 Å². The van der Waals surface area contributed by atoms with Crippen LogP contribution >= 0.6 is 12.4 Å². The third kappa shape index (κ3) is 5.80. The van der Waals surface area contributed by atoms with Gasteiger partial charge in [-0.15, -0.1) is 12.4 Å². The van der Waals surface area contributed by atoms with Crippen LogP contribution in [0.4, 0.5) is 46.1 Å². The molecule has 2 amide bonds. The summed E-state index contributed by atoms with van der Waals surface area (Å²) in [6.45, 7) is 0. The molecule has 35 heavy (non-hydrogen) atoms. The molecule has 2 aromatic carbocycles. The van der Waals surface area contributed by atoms with Crippen LogP contribution in [-0.2, 0) is 17.4 Å². The third-order valence-corrected chi connectivity index (χ3v) is 5.21. The standard InChI is InChI=1S/C23H19F4N5O2.ClH/c1-28-22(34)15-9-13(24)3-5-18(15)31-19-10-20(29-11-16(19)23(25,26)27)30-14-4-6-17-12(8-14)2-7-21(33)32-17;/h3-6,8-11H,2,7H2,1H3,(H,28,34)(H,32,33)(H2,29,30,31);1H. The number of fused-ring (bicyclic) bond motifs is 1. The largest absolute Gasteiger partial charge is 0.419 e. The van der Waals surface area contributed by atoms with E-state index < -0.39 is 23.5 Å². The van der Waals surface area contributed by atoms with E-state index in [0.29, 0.717) is 30.4 Å². The number of carbonyl (C=O) groups is 2. The highest BCUT2D eigenvalue weighted by Gasteiger charge is 2.34. The molecule has 0 saturated heterocycles. The van der Waals surface area contributed by atoms with Gasteiger partial charge in [0.1, 0.15) is 11.6 Å². The number of hydrogen-bond donors (Lipinski definition) is 4. The van der Waals surface area contributed by atoms with Crippen molar-refractivity contribution in [2.45, 2.75) is 19.0 Å². The number of nitrogens with one attached hydrogen (secondary N) is 4. The van der Waals surface area contributed by atoms with Gasteiger partial charge in [-0.1, -0.05) is 0 Å². The Morgan fingerprint density at radius 2 is 1.80 bits per heavy atom. The van der Waals surface area contributed by atoms with Gasteiger partial charge in [0.15, 0.2) is 0 Å². The summed E-state index contributed by atoms with van der Waals surface area (Å²) in [5.41, 5.74) is 0.553. The first-order valence-electron chi connectivity index (χ1n) is 10.2. The molecule has 4 N–H and O–H groups in total. The second-order valence-electron chi connectivity index (χ2n) is 7.55. The number of alkyl halides is 3. The molecular weight excluding hydrogens is 490 g/mol. The van der Waals surface area contributed by atoms with E-state index in [-0.39, 0.29) is 41.1 Å². The van der Waals surface area contributed by atoms with Gasteiger partial charge >= 0.3 is 6.18 Å². The first-order valence-corrected chi connectivity index (χ1v) is 10.2. The van der Waals surface area contributed by atoms with Gasteiger partial charge in [0.25, 0.3) is 5.91 Å². The Morgan fingerprint density at radius 1 is 1.03 bits per heavy atom. The highest BCUT2D eigenvalue weighted by molar-refractivity contribution is 6.00. The fourth-order valence-corrected chi connectivity index (χ4v) is 3.56. The van der Waals surface area contributed by atoms with Crippen molar-refractivity contribution in [1.82, 2.24) is 10.3 Å². The summed E-state index contributed by atoms with van der Waals surface area (Å²) >= 11 is 0. The van der Waals surface area contributed by atoms with E-state index in [2.05, 4.69) is 26.3 Å². The van der Waals surface area contributed by atoms with Crippen LogP contribution in [0.5, 0.6) is 0 Å². The summed E-state index contributed by atoms with van der Waals surface area (Å²) in [5, 5.41) is 10.6. The molecule has 184 valence electrons. The summed E-state index contributed by atoms with van der Waals surface area (Å²) in [5.74, 6) is -1.34. The highest BCUT2D eigenvalue weighted by Crippen LogP contribution is 2.38. The van der Waals surface area contributed by atoms with E-state index in [1.54, 1.807) is 18.2 Å². The molecule has 7 nitrogen and oxygen atoms in total. The van der Waals surface area contributed by atoms with Crippen molar-refractivity contribution < 1.29 is 27.2 Å². The van der Waals surface area contributed by atoms with Crippen molar-refractivity contribution >= 4 is 52.8 Å². The molecule has 1 aliphatic heterocycles. The number of aromatic nitrogens is 1. The first kappa shape index (κ1) is 25.8. The molecule has 2 heterocycles. The molecule has 0 saturated carbocycles. The SMILES string of the molecule is CNC(=O)c1cc(F)ccc1Nc1cc(Nc2ccc3c(c2)CCC(=O)N3)ncc1C(F)(F)F.Cl. The van der Waals surface area contributed by atoms with Crippen LogP contribution in [0, 0.1) is 5.82 Å². The van der Waals surface area contributed by atoms with Crippen LogP contribution in [0.1, 0.15) is 27.9 Å². The zero-order valence-corrected chi connectivity index (χ0v) is 19.0. The highest BCUT2D eigenvalue weighted by atomic mass is 35.5. The molecule has 0 spiro atoms. The van der Waals surface area contributed by atoms with E-state index in [1.165, 1.54) is 13.1 Å². The quantitative estimate of drug-likeness (QED) is 0.346. The van der Waals surface area contributed by atoms with Crippen LogP contribution in [0.2, 0.25) is 0 Å². The van der Waals surface area contributed by atoms with E-state index in [1.807, 2.05) is 0 Å². The number of halogens is 5. The molecule has 1 aromatic heterocycles. The van der Waals surface area contributed by atoms with Crippen LogP contribution in [0.15, 0.2) is 48.7 Å². The lowest BCUT2D eigenvalue weighted by atomic mass is 10.0. The topological polar surface area (TPSA) is 95.2 Å². The molecule has 0 bridgehead atoms. The van der Waals surface area contributed by atoms with Gasteiger partial charge in [-0.05, 0) is 48.4 Å². The van der Waals surface area contributed by atoms with Crippen molar-refractivity contribution in [2.24, 2.45) is 0 Å². The number of anilines is 5. The molecule has 0 unspecified atom stereocenters. The Hall–Kier alpha value is -3.86. The summed E-state index contributed by atoms with van der Waals surface area (Å²) in [7, 11) is 1.33. The van der Waals surface area contributed by atoms with Crippen LogP contribution in [-0.4, -0.2) is 23.8 Å². The average molecular weight is 510 g/mol. The Morgan fingerprint density at radius 3 is 2.51 bits per heavy atom. The normalized spacial score (nSPS) is 12.7. The van der Waals surface area contributed by atoms with Crippen molar-refractivity contribution in [1.29, 1.82) is 0 Å². The van der Waals surface area contributed by atoms with Gasteiger partial charge in [0.2, 0.25) is 5.91 Å². The first-order chi connectivity index (χ1) is 16.1. The average Bonchev–Trinajstić information content (AvgIpc) is 2.79. The number of benzene rings is 2. The molecule has 12 heteroatoms. The van der Waals surface area contributed by atoms with Gasteiger partial charge in [0.05, 0.1) is 22.5 Å². The minimum absolute atomic E-state index is 0. The van der Waals surface area contributed by atoms with Gasteiger partial charge in [-0.25, -0.2) is 9.37 Å². The van der Waals surface area contributed by atoms with E-state index >= 15 is 0 Å². The lowest BCUT2D eigenvalue weighted by molar-refractivity contribution is -0.137. The Labute approximate surface area is 203 Å². The Kier molecular flexibility index (Phi) is 7.49. The Bertz CT molecular complexity index is 1280. The molecule has 0 fully saturated rings. The number of nitrogens with zero attached hydrogens (tertiary/aromatic N) is 1. The predicted molar refractivity (Wildman–Crippen MR) is 126 cm³/mol. The van der Waals surface area contributed by atoms with E-state index in [4.69, 9.17) is 0 Å². The molecule has 0 aliphatic carbocycles. The minimum Gasteiger partial charge on any atom is -0.355 e. The third-order valence-electron chi connectivity index (χ3n) is 5.21. The van der Waals surface area contributed by atoms with Gasteiger partial charge in [-0.2, -0.15) is 13.2 Å². The minimum atomic E-state index is -4.73. The smallest absolute Gasteiger partial charge is 0.355 e. The second-order valence-corrected chi connectivity index (χ2v) is 7.55. The van der Waals surface area contributed by atoms with Gasteiger partial charge in [-0.3, -0.25) is 9.59 Å². The number of amides is 2. The fourth-order valence-electron chi connectivity index (χ4n) is 3.56. The van der Waals surface area contributed by atoms with E-state index in [0.717, 1.165) is 23.8 Å². The number of hydrogen-bond acceptors (Lipinski definition) is 5. The summed E-state index contributed by atoms with van der Waals surface area (Å²) in [6.07, 6.45) is -3.18. The second kappa shape index (κ2) is 10.2. The summed E-state index contributed by atoms with van der Waals surface area (Å²) in [4.78, 5) is 27.5. The maximum absolute atomic E-state index is 13.7. The molecule has 1 aliphatic rings. The molecule has 0 radical (unpaired) electrons. The Balaban J connectivity index is 0.00000342. The number of carbonyl (C=O) groups excluding carboxylic acids is 2. The lowest BCUT2D eigenvalue weighted by Gasteiger charge is -2.19. The van der Waals surface area contributed by atoms with Crippen LogP contribution < -0.4 is 21.3 Å². The number of pyridine rings is 1. The number of rotatable bonds is 5. The monoisotopic (exact) mass is 509 g/mol. The summed E-state index contributed by atoms with van der Waals surface area (Å²) < 4.78 is 54.6. The zero-order valence-electron chi connectivity index (χ0n) is 18.2. The molecular formula is C23H20ClF4N5O2. The van der Waals surface area contributed by atoms with Gasteiger partial charge in [0, 0.05) is 37.1 Å². The van der Waals surface area contributed by atoms with Gasteiger partial charge < -0.3 is 21.3 Å². The predicted octanol–water partition coefficient (Wildman–Crippen LogP) is 5.39. The lowest BCUT2D eigenvalue weighted by Crippen LogP contribution is -2.20. The zero-order chi connectivity index (χ0) is 24.5. The van der Waals surface area contributed by atoms with Crippen LogP contribution in [0.3, 0.4) is 0 Å². The fraction of sp³-hybridized carbons (Fsp3) is 0.174. The van der Waals surface area contributed by atoms with Crippen molar-refractivity contribution in [3.8, 4) is 0 Å².